The Hall–Kier alpha value is -1.06. The number of nitrogens with zero attached hydrogens (tertiary/aromatic N) is 1. The number of hydrogen-bond donors (Lipinski definition) is 1. The standard InChI is InChI=1S/C17H23ClN2O/c1-17(2)9-4-3-8-14(17)20-15(21)11-19-16(20)12-6-5-7-13(18)10-12/h5-7,10,14,16,19H,3-4,8-9,11H2,1-2H3. The van der Waals surface area contributed by atoms with E-state index in [-0.39, 0.29) is 17.5 Å². The van der Waals surface area contributed by atoms with Crippen molar-refractivity contribution in [2.24, 2.45) is 5.41 Å². The molecule has 3 rings (SSSR count). The van der Waals surface area contributed by atoms with Gasteiger partial charge in [-0.1, -0.05) is 50.4 Å². The number of hydrogen-bond acceptors (Lipinski definition) is 2. The van der Waals surface area contributed by atoms with Crippen molar-refractivity contribution in [2.75, 3.05) is 6.54 Å². The van der Waals surface area contributed by atoms with E-state index >= 15 is 0 Å². The number of halogens is 1. The highest BCUT2D eigenvalue weighted by Gasteiger charge is 2.44. The summed E-state index contributed by atoms with van der Waals surface area (Å²) >= 11 is 6.12. The van der Waals surface area contributed by atoms with Gasteiger partial charge in [0, 0.05) is 11.1 Å². The second-order valence-electron chi connectivity index (χ2n) is 6.89. The van der Waals surface area contributed by atoms with Crippen molar-refractivity contribution in [3.05, 3.63) is 34.9 Å². The van der Waals surface area contributed by atoms with Gasteiger partial charge in [-0.15, -0.1) is 0 Å². The topological polar surface area (TPSA) is 32.3 Å². The van der Waals surface area contributed by atoms with E-state index in [2.05, 4.69) is 24.1 Å². The second-order valence-corrected chi connectivity index (χ2v) is 7.33. The zero-order valence-electron chi connectivity index (χ0n) is 12.7. The molecule has 1 amide bonds. The second kappa shape index (κ2) is 5.62. The summed E-state index contributed by atoms with van der Waals surface area (Å²) in [5, 5.41) is 4.07. The highest BCUT2D eigenvalue weighted by Crippen LogP contribution is 2.42. The normalized spacial score (nSPS) is 28.9. The van der Waals surface area contributed by atoms with E-state index in [1.807, 2.05) is 24.3 Å². The van der Waals surface area contributed by atoms with Crippen LogP contribution in [0.5, 0.6) is 0 Å². The molecule has 1 saturated carbocycles. The lowest BCUT2D eigenvalue weighted by atomic mass is 9.72. The zero-order chi connectivity index (χ0) is 15.0. The lowest BCUT2D eigenvalue weighted by Gasteiger charge is -2.45. The Morgan fingerprint density at radius 2 is 2.14 bits per heavy atom. The lowest BCUT2D eigenvalue weighted by molar-refractivity contribution is -0.134. The van der Waals surface area contributed by atoms with Crippen LogP contribution in [0.4, 0.5) is 0 Å². The number of amides is 1. The maximum absolute atomic E-state index is 12.5. The quantitative estimate of drug-likeness (QED) is 0.903. The van der Waals surface area contributed by atoms with Crippen LogP contribution in [0.3, 0.4) is 0 Å². The molecule has 0 spiro atoms. The van der Waals surface area contributed by atoms with Gasteiger partial charge in [-0.3, -0.25) is 10.1 Å². The third-order valence-electron chi connectivity index (χ3n) is 4.96. The van der Waals surface area contributed by atoms with Crippen molar-refractivity contribution in [1.82, 2.24) is 10.2 Å². The van der Waals surface area contributed by atoms with Crippen LogP contribution in [0.15, 0.2) is 24.3 Å². The van der Waals surface area contributed by atoms with E-state index < -0.39 is 0 Å². The summed E-state index contributed by atoms with van der Waals surface area (Å²) in [5.41, 5.74) is 1.26. The Balaban J connectivity index is 1.92. The Labute approximate surface area is 131 Å². The summed E-state index contributed by atoms with van der Waals surface area (Å²) in [7, 11) is 0. The van der Waals surface area contributed by atoms with Gasteiger partial charge in [0.05, 0.1) is 6.54 Å². The molecule has 1 aromatic rings. The lowest BCUT2D eigenvalue weighted by Crippen LogP contribution is -2.49. The van der Waals surface area contributed by atoms with Gasteiger partial charge in [0.25, 0.3) is 0 Å². The molecule has 1 saturated heterocycles. The maximum atomic E-state index is 12.5. The van der Waals surface area contributed by atoms with Crippen LogP contribution >= 0.6 is 11.6 Å². The summed E-state index contributed by atoms with van der Waals surface area (Å²) in [5.74, 6) is 0.208. The Bertz CT molecular complexity index is 543. The molecular weight excluding hydrogens is 284 g/mol. The van der Waals surface area contributed by atoms with Crippen LogP contribution < -0.4 is 5.32 Å². The Morgan fingerprint density at radius 1 is 1.33 bits per heavy atom. The van der Waals surface area contributed by atoms with Crippen molar-refractivity contribution in [3.63, 3.8) is 0 Å². The predicted molar refractivity (Wildman–Crippen MR) is 85.1 cm³/mol. The molecule has 0 bridgehead atoms. The summed E-state index contributed by atoms with van der Waals surface area (Å²) < 4.78 is 0. The van der Waals surface area contributed by atoms with E-state index in [0.29, 0.717) is 12.6 Å². The van der Waals surface area contributed by atoms with Crippen LogP contribution in [0.25, 0.3) is 0 Å². The molecule has 1 aromatic carbocycles. The van der Waals surface area contributed by atoms with Gasteiger partial charge in [0.1, 0.15) is 6.17 Å². The SMILES string of the molecule is CC1(C)CCCCC1N1C(=O)CNC1c1cccc(Cl)c1. The first kappa shape index (κ1) is 14.9. The van der Waals surface area contributed by atoms with E-state index in [4.69, 9.17) is 11.6 Å². The first-order valence-corrected chi connectivity index (χ1v) is 8.17. The molecule has 0 aromatic heterocycles. The number of carbonyl (C=O) groups is 1. The highest BCUT2D eigenvalue weighted by atomic mass is 35.5. The molecule has 2 fully saturated rings. The number of benzene rings is 1. The van der Waals surface area contributed by atoms with Crippen molar-refractivity contribution in [1.29, 1.82) is 0 Å². The van der Waals surface area contributed by atoms with Gasteiger partial charge in [-0.05, 0) is 36.0 Å². The summed E-state index contributed by atoms with van der Waals surface area (Å²) in [6.45, 7) is 5.00. The summed E-state index contributed by atoms with van der Waals surface area (Å²) in [4.78, 5) is 14.5. The predicted octanol–water partition coefficient (Wildman–Crippen LogP) is 3.74. The van der Waals surface area contributed by atoms with Gasteiger partial charge in [0.15, 0.2) is 0 Å². The Morgan fingerprint density at radius 3 is 2.86 bits per heavy atom. The summed E-state index contributed by atoms with van der Waals surface area (Å²) in [6.07, 6.45) is 4.71. The highest BCUT2D eigenvalue weighted by molar-refractivity contribution is 6.30. The first-order chi connectivity index (χ1) is 9.99. The van der Waals surface area contributed by atoms with E-state index in [1.54, 1.807) is 0 Å². The molecule has 2 unspecified atom stereocenters. The van der Waals surface area contributed by atoms with E-state index in [9.17, 15) is 4.79 Å². The minimum atomic E-state index is -0.0430. The zero-order valence-corrected chi connectivity index (χ0v) is 13.5. The van der Waals surface area contributed by atoms with Gasteiger partial charge in [0.2, 0.25) is 5.91 Å². The molecular formula is C17H23ClN2O. The van der Waals surface area contributed by atoms with Crippen LogP contribution in [0.2, 0.25) is 5.02 Å². The molecule has 2 atom stereocenters. The minimum Gasteiger partial charge on any atom is -0.318 e. The monoisotopic (exact) mass is 306 g/mol. The van der Waals surface area contributed by atoms with Crippen LogP contribution in [0, 0.1) is 5.41 Å². The molecule has 1 N–H and O–H groups in total. The minimum absolute atomic E-state index is 0.0430. The first-order valence-electron chi connectivity index (χ1n) is 7.79. The average Bonchev–Trinajstić information content (AvgIpc) is 2.80. The number of carbonyl (C=O) groups excluding carboxylic acids is 1. The van der Waals surface area contributed by atoms with Crippen molar-refractivity contribution >= 4 is 17.5 Å². The fraction of sp³-hybridized carbons (Fsp3) is 0.588. The smallest absolute Gasteiger partial charge is 0.238 e. The fourth-order valence-corrected chi connectivity index (χ4v) is 4.02. The van der Waals surface area contributed by atoms with Crippen molar-refractivity contribution < 1.29 is 4.79 Å². The summed E-state index contributed by atoms with van der Waals surface area (Å²) in [6, 6.07) is 8.13. The van der Waals surface area contributed by atoms with Crippen LogP contribution in [-0.2, 0) is 4.79 Å². The molecule has 1 aliphatic carbocycles. The van der Waals surface area contributed by atoms with Crippen LogP contribution in [0.1, 0.15) is 51.3 Å². The fourth-order valence-electron chi connectivity index (χ4n) is 3.82. The largest absolute Gasteiger partial charge is 0.318 e. The molecule has 2 aliphatic rings. The van der Waals surface area contributed by atoms with Gasteiger partial charge in [-0.25, -0.2) is 0 Å². The third-order valence-corrected chi connectivity index (χ3v) is 5.20. The third kappa shape index (κ3) is 2.82. The molecule has 1 aliphatic heterocycles. The maximum Gasteiger partial charge on any atom is 0.238 e. The molecule has 0 radical (unpaired) electrons. The number of nitrogens with one attached hydrogen (secondary N) is 1. The van der Waals surface area contributed by atoms with Gasteiger partial charge < -0.3 is 4.90 Å². The molecule has 4 heteroatoms. The molecule has 114 valence electrons. The Kier molecular flexibility index (Phi) is 3.98. The van der Waals surface area contributed by atoms with Crippen LogP contribution in [-0.4, -0.2) is 23.4 Å². The molecule has 3 nitrogen and oxygen atoms in total. The van der Waals surface area contributed by atoms with Crippen molar-refractivity contribution in [3.8, 4) is 0 Å². The average molecular weight is 307 g/mol. The van der Waals surface area contributed by atoms with E-state index in [0.717, 1.165) is 17.0 Å². The van der Waals surface area contributed by atoms with E-state index in [1.165, 1.54) is 19.3 Å². The van der Waals surface area contributed by atoms with Gasteiger partial charge >= 0.3 is 0 Å². The molecule has 1 heterocycles. The molecule has 21 heavy (non-hydrogen) atoms. The van der Waals surface area contributed by atoms with Crippen molar-refractivity contribution in [2.45, 2.75) is 51.7 Å². The van der Waals surface area contributed by atoms with Gasteiger partial charge in [-0.2, -0.15) is 0 Å². The number of rotatable bonds is 2.